The summed E-state index contributed by atoms with van der Waals surface area (Å²) in [6.07, 6.45) is 1.19. The van der Waals surface area contributed by atoms with E-state index in [4.69, 9.17) is 4.42 Å². The maximum absolute atomic E-state index is 12.5. The first kappa shape index (κ1) is 13.6. The third-order valence-corrected chi connectivity index (χ3v) is 3.85. The molecular formula is C16H15NO4. The number of hydrogen-bond acceptors (Lipinski definition) is 4. The highest BCUT2D eigenvalue weighted by Gasteiger charge is 2.47. The van der Waals surface area contributed by atoms with Crippen LogP contribution in [0.25, 0.3) is 0 Å². The number of aliphatic hydroxyl groups is 1. The zero-order chi connectivity index (χ0) is 15.2. The highest BCUT2D eigenvalue weighted by Crippen LogP contribution is 2.39. The van der Waals surface area contributed by atoms with Crippen LogP contribution >= 0.6 is 0 Å². The van der Waals surface area contributed by atoms with E-state index in [1.165, 1.54) is 6.26 Å². The van der Waals surface area contributed by atoms with Crippen molar-refractivity contribution >= 4 is 17.4 Å². The third kappa shape index (κ3) is 1.97. The molecule has 3 rings (SSSR count). The molecule has 0 saturated carbocycles. The molecular weight excluding hydrogens is 270 g/mol. The van der Waals surface area contributed by atoms with E-state index in [-0.39, 0.29) is 12.2 Å². The molecule has 0 fully saturated rings. The van der Waals surface area contributed by atoms with Crippen molar-refractivity contribution in [1.29, 1.82) is 0 Å². The Morgan fingerprint density at radius 3 is 2.71 bits per heavy atom. The number of para-hydroxylation sites is 1. The van der Waals surface area contributed by atoms with Crippen molar-refractivity contribution in [3.8, 4) is 0 Å². The molecule has 0 radical (unpaired) electrons. The van der Waals surface area contributed by atoms with E-state index in [1.54, 1.807) is 38.1 Å². The number of rotatable bonds is 3. The Bertz CT molecular complexity index is 727. The Morgan fingerprint density at radius 2 is 2.05 bits per heavy atom. The highest BCUT2D eigenvalue weighted by atomic mass is 16.3. The van der Waals surface area contributed by atoms with Crippen molar-refractivity contribution in [2.75, 3.05) is 5.32 Å². The smallest absolute Gasteiger partial charge is 0.261 e. The number of hydrogen-bond donors (Lipinski definition) is 2. The summed E-state index contributed by atoms with van der Waals surface area (Å²) in [6.45, 7) is 3.45. The van der Waals surface area contributed by atoms with E-state index in [1.807, 2.05) is 0 Å². The van der Waals surface area contributed by atoms with Crippen LogP contribution in [-0.2, 0) is 10.4 Å². The Balaban J connectivity index is 1.98. The molecule has 1 aliphatic heterocycles. The van der Waals surface area contributed by atoms with E-state index in [9.17, 15) is 14.7 Å². The molecule has 1 aliphatic rings. The summed E-state index contributed by atoms with van der Waals surface area (Å²) < 4.78 is 5.21. The van der Waals surface area contributed by atoms with Crippen LogP contribution in [0.4, 0.5) is 5.69 Å². The van der Waals surface area contributed by atoms with Crippen LogP contribution in [0.5, 0.6) is 0 Å². The van der Waals surface area contributed by atoms with Crippen molar-refractivity contribution in [2.45, 2.75) is 25.9 Å². The molecule has 2 N–H and O–H groups in total. The zero-order valence-corrected chi connectivity index (χ0v) is 11.8. The van der Waals surface area contributed by atoms with E-state index in [2.05, 4.69) is 5.32 Å². The van der Waals surface area contributed by atoms with Crippen molar-refractivity contribution in [3.05, 3.63) is 53.0 Å². The third-order valence-electron chi connectivity index (χ3n) is 3.85. The predicted molar refractivity (Wildman–Crippen MR) is 76.1 cm³/mol. The largest absolute Gasteiger partial charge is 0.469 e. The van der Waals surface area contributed by atoms with Gasteiger partial charge in [-0.05, 0) is 25.5 Å². The van der Waals surface area contributed by atoms with Crippen LogP contribution in [-0.4, -0.2) is 16.8 Å². The summed E-state index contributed by atoms with van der Waals surface area (Å²) >= 11 is 0. The summed E-state index contributed by atoms with van der Waals surface area (Å²) in [5, 5.41) is 13.3. The quantitative estimate of drug-likeness (QED) is 0.848. The lowest BCUT2D eigenvalue weighted by Crippen LogP contribution is -2.36. The van der Waals surface area contributed by atoms with Gasteiger partial charge in [0.2, 0.25) is 0 Å². The minimum absolute atomic E-state index is 0.308. The summed E-state index contributed by atoms with van der Waals surface area (Å²) in [4.78, 5) is 24.6. The molecule has 0 spiro atoms. The number of Topliss-reactive ketones (excluding diaryl/α,β-unsaturated/α-hetero) is 1. The van der Waals surface area contributed by atoms with Crippen LogP contribution < -0.4 is 5.32 Å². The molecule has 0 saturated heterocycles. The maximum atomic E-state index is 12.5. The Labute approximate surface area is 121 Å². The van der Waals surface area contributed by atoms with Crippen molar-refractivity contribution < 1.29 is 19.1 Å². The molecule has 5 nitrogen and oxygen atoms in total. The zero-order valence-electron chi connectivity index (χ0n) is 11.8. The number of fused-ring (bicyclic) bond motifs is 1. The first-order valence-electron chi connectivity index (χ1n) is 6.64. The summed E-state index contributed by atoms with van der Waals surface area (Å²) in [5.74, 6) is -0.392. The molecule has 2 heterocycles. The normalized spacial score (nSPS) is 20.2. The second-order valence-electron chi connectivity index (χ2n) is 5.31. The number of ketones is 1. The van der Waals surface area contributed by atoms with Crippen LogP contribution in [0.3, 0.4) is 0 Å². The molecule has 1 atom stereocenters. The standard InChI is InChI=1S/C16H15NO4/c1-9-8-21-10(2)14(9)13(18)7-16(20)11-5-3-4-6-12(11)17-15(16)19/h3-6,8,20H,7H2,1-2H3,(H,17,19)/t16-/m0/s1. The summed E-state index contributed by atoms with van der Waals surface area (Å²) in [6, 6.07) is 6.83. The molecule has 5 heteroatoms. The maximum Gasteiger partial charge on any atom is 0.261 e. The van der Waals surface area contributed by atoms with Gasteiger partial charge in [-0.2, -0.15) is 0 Å². The number of carbonyl (C=O) groups excluding carboxylic acids is 2. The van der Waals surface area contributed by atoms with Crippen molar-refractivity contribution in [2.24, 2.45) is 0 Å². The lowest BCUT2D eigenvalue weighted by Gasteiger charge is -2.19. The predicted octanol–water partition coefficient (Wildman–Crippen LogP) is 2.31. The van der Waals surface area contributed by atoms with Gasteiger partial charge in [-0.15, -0.1) is 0 Å². The minimum atomic E-state index is -1.83. The van der Waals surface area contributed by atoms with Gasteiger partial charge in [0.1, 0.15) is 5.76 Å². The van der Waals surface area contributed by atoms with Crippen molar-refractivity contribution in [1.82, 2.24) is 0 Å². The monoisotopic (exact) mass is 285 g/mol. The number of nitrogens with one attached hydrogen (secondary N) is 1. The van der Waals surface area contributed by atoms with Crippen LogP contribution in [0, 0.1) is 13.8 Å². The van der Waals surface area contributed by atoms with Gasteiger partial charge in [0.25, 0.3) is 5.91 Å². The number of anilines is 1. The molecule has 21 heavy (non-hydrogen) atoms. The fraction of sp³-hybridized carbons (Fsp3) is 0.250. The first-order chi connectivity index (χ1) is 9.93. The average Bonchev–Trinajstić information content (AvgIpc) is 2.89. The van der Waals surface area contributed by atoms with Crippen LogP contribution in [0.15, 0.2) is 34.9 Å². The molecule has 0 aliphatic carbocycles. The number of furan rings is 1. The topological polar surface area (TPSA) is 79.5 Å². The van der Waals surface area contributed by atoms with Gasteiger partial charge in [0.15, 0.2) is 11.4 Å². The molecule has 1 aromatic carbocycles. The second-order valence-corrected chi connectivity index (χ2v) is 5.31. The molecule has 2 aromatic rings. The van der Waals surface area contributed by atoms with Crippen LogP contribution in [0.1, 0.15) is 33.7 Å². The molecule has 1 amide bonds. The van der Waals surface area contributed by atoms with Gasteiger partial charge < -0.3 is 14.8 Å². The highest BCUT2D eigenvalue weighted by molar-refractivity contribution is 6.09. The lowest BCUT2D eigenvalue weighted by atomic mass is 9.87. The molecule has 0 bridgehead atoms. The van der Waals surface area contributed by atoms with E-state index in [0.717, 1.165) is 0 Å². The second kappa shape index (κ2) is 4.56. The van der Waals surface area contributed by atoms with Crippen LogP contribution in [0.2, 0.25) is 0 Å². The Hall–Kier alpha value is -2.40. The van der Waals surface area contributed by atoms with Gasteiger partial charge in [-0.3, -0.25) is 9.59 Å². The Morgan fingerprint density at radius 1 is 1.33 bits per heavy atom. The fourth-order valence-corrected chi connectivity index (χ4v) is 2.79. The average molecular weight is 285 g/mol. The van der Waals surface area contributed by atoms with Gasteiger partial charge in [-0.1, -0.05) is 18.2 Å². The first-order valence-corrected chi connectivity index (χ1v) is 6.64. The minimum Gasteiger partial charge on any atom is -0.469 e. The number of benzene rings is 1. The van der Waals surface area contributed by atoms with Gasteiger partial charge in [0.05, 0.1) is 18.2 Å². The molecule has 108 valence electrons. The summed E-state index contributed by atoms with van der Waals surface area (Å²) in [7, 11) is 0. The lowest BCUT2D eigenvalue weighted by molar-refractivity contribution is -0.133. The Kier molecular flexibility index (Phi) is 2.95. The molecule has 1 aromatic heterocycles. The SMILES string of the molecule is Cc1coc(C)c1C(=O)C[C@@]1(O)C(=O)Nc2ccccc21. The summed E-state index contributed by atoms with van der Waals surface area (Å²) in [5.41, 5.74) is 0.276. The molecule has 0 unspecified atom stereocenters. The van der Waals surface area contributed by atoms with Gasteiger partial charge in [-0.25, -0.2) is 0 Å². The number of carbonyl (C=O) groups is 2. The number of amides is 1. The van der Waals surface area contributed by atoms with Gasteiger partial charge in [0, 0.05) is 11.3 Å². The van der Waals surface area contributed by atoms with Gasteiger partial charge >= 0.3 is 0 Å². The van der Waals surface area contributed by atoms with E-state index in [0.29, 0.717) is 28.1 Å². The van der Waals surface area contributed by atoms with E-state index < -0.39 is 11.5 Å². The van der Waals surface area contributed by atoms with E-state index >= 15 is 0 Å². The van der Waals surface area contributed by atoms with Crippen molar-refractivity contribution in [3.63, 3.8) is 0 Å². The number of aryl methyl sites for hydroxylation is 2. The fourth-order valence-electron chi connectivity index (χ4n) is 2.79.